The zero-order valence-corrected chi connectivity index (χ0v) is 9.75. The van der Waals surface area contributed by atoms with Crippen LogP contribution in [0.15, 0.2) is 18.2 Å². The minimum absolute atomic E-state index is 0.0104. The summed E-state index contributed by atoms with van der Waals surface area (Å²) >= 11 is 0. The van der Waals surface area contributed by atoms with Gasteiger partial charge in [-0.15, -0.1) is 0 Å². The van der Waals surface area contributed by atoms with Crippen molar-refractivity contribution in [3.05, 3.63) is 34.9 Å². The molecular formula is C13H20O2. The molecule has 0 aliphatic carbocycles. The molecule has 0 heterocycles. The zero-order chi connectivity index (χ0) is 11.5. The first-order valence-corrected chi connectivity index (χ1v) is 5.28. The second-order valence-electron chi connectivity index (χ2n) is 4.80. The molecule has 15 heavy (non-hydrogen) atoms. The maximum Gasteiger partial charge on any atom is 0.0509 e. The fourth-order valence-corrected chi connectivity index (χ4v) is 1.83. The Morgan fingerprint density at radius 2 is 1.47 bits per heavy atom. The fraction of sp³-hybridized carbons (Fsp3) is 0.538. The third-order valence-corrected chi connectivity index (χ3v) is 2.68. The molecule has 2 nitrogen and oxygen atoms in total. The van der Waals surface area contributed by atoms with E-state index in [1.807, 2.05) is 6.92 Å². The summed E-state index contributed by atoms with van der Waals surface area (Å²) in [5.74, 6) is 0. The highest BCUT2D eigenvalue weighted by molar-refractivity contribution is 5.29. The van der Waals surface area contributed by atoms with Crippen molar-refractivity contribution in [1.29, 1.82) is 0 Å². The summed E-state index contributed by atoms with van der Waals surface area (Å²) in [4.78, 5) is 0. The SMILES string of the molecule is Cc1cc(C)cc(CC(C)(CO)CO)c1. The monoisotopic (exact) mass is 208 g/mol. The van der Waals surface area contributed by atoms with E-state index in [2.05, 4.69) is 32.0 Å². The van der Waals surface area contributed by atoms with Crippen molar-refractivity contribution in [3.8, 4) is 0 Å². The highest BCUT2D eigenvalue weighted by atomic mass is 16.3. The Kier molecular flexibility index (Phi) is 3.89. The summed E-state index contributed by atoms with van der Waals surface area (Å²) in [7, 11) is 0. The second kappa shape index (κ2) is 4.77. The lowest BCUT2D eigenvalue weighted by Gasteiger charge is -2.24. The van der Waals surface area contributed by atoms with Crippen molar-refractivity contribution < 1.29 is 10.2 Å². The number of aryl methyl sites for hydroxylation is 2. The molecule has 0 atom stereocenters. The molecule has 2 N–H and O–H groups in total. The van der Waals surface area contributed by atoms with Crippen LogP contribution in [0.2, 0.25) is 0 Å². The van der Waals surface area contributed by atoms with Crippen LogP contribution in [0.4, 0.5) is 0 Å². The Morgan fingerprint density at radius 3 is 1.87 bits per heavy atom. The van der Waals surface area contributed by atoms with E-state index in [0.29, 0.717) is 6.42 Å². The minimum Gasteiger partial charge on any atom is -0.396 e. The normalized spacial score (nSPS) is 11.8. The summed E-state index contributed by atoms with van der Waals surface area (Å²) in [5, 5.41) is 18.5. The highest BCUT2D eigenvalue weighted by Crippen LogP contribution is 2.22. The largest absolute Gasteiger partial charge is 0.396 e. The summed E-state index contributed by atoms with van der Waals surface area (Å²) in [6, 6.07) is 6.34. The maximum absolute atomic E-state index is 9.23. The van der Waals surface area contributed by atoms with E-state index in [4.69, 9.17) is 0 Å². The van der Waals surface area contributed by atoms with Crippen molar-refractivity contribution in [3.63, 3.8) is 0 Å². The number of aliphatic hydroxyl groups is 2. The average Bonchev–Trinajstić information content (AvgIpc) is 2.16. The number of hydrogen-bond donors (Lipinski definition) is 2. The number of hydrogen-bond acceptors (Lipinski definition) is 2. The minimum atomic E-state index is -0.416. The molecule has 0 aromatic heterocycles. The predicted octanol–water partition coefficient (Wildman–Crippen LogP) is 1.84. The van der Waals surface area contributed by atoms with Gasteiger partial charge in [-0.05, 0) is 25.8 Å². The van der Waals surface area contributed by atoms with Crippen LogP contribution in [-0.2, 0) is 6.42 Å². The average molecular weight is 208 g/mol. The smallest absolute Gasteiger partial charge is 0.0509 e. The molecule has 0 aliphatic heterocycles. The van der Waals surface area contributed by atoms with Crippen molar-refractivity contribution in [1.82, 2.24) is 0 Å². The van der Waals surface area contributed by atoms with Gasteiger partial charge in [0, 0.05) is 5.41 Å². The number of benzene rings is 1. The van der Waals surface area contributed by atoms with Crippen LogP contribution >= 0.6 is 0 Å². The fourth-order valence-electron chi connectivity index (χ4n) is 1.83. The van der Waals surface area contributed by atoms with Gasteiger partial charge in [-0.25, -0.2) is 0 Å². The van der Waals surface area contributed by atoms with Crippen molar-refractivity contribution in [2.75, 3.05) is 13.2 Å². The first-order chi connectivity index (χ1) is 6.99. The van der Waals surface area contributed by atoms with E-state index in [-0.39, 0.29) is 13.2 Å². The van der Waals surface area contributed by atoms with Gasteiger partial charge in [-0.1, -0.05) is 36.2 Å². The molecule has 0 saturated heterocycles. The Bertz CT molecular complexity index is 307. The van der Waals surface area contributed by atoms with E-state index in [0.717, 1.165) is 0 Å². The lowest BCUT2D eigenvalue weighted by molar-refractivity contribution is 0.0704. The van der Waals surface area contributed by atoms with Gasteiger partial charge in [-0.3, -0.25) is 0 Å². The Hall–Kier alpha value is -0.860. The van der Waals surface area contributed by atoms with Crippen LogP contribution in [0.1, 0.15) is 23.6 Å². The maximum atomic E-state index is 9.23. The summed E-state index contributed by atoms with van der Waals surface area (Å²) in [6.45, 7) is 6.04. The van der Waals surface area contributed by atoms with E-state index in [9.17, 15) is 10.2 Å². The number of rotatable bonds is 4. The first kappa shape index (κ1) is 12.2. The summed E-state index contributed by atoms with van der Waals surface area (Å²) in [6.07, 6.45) is 0.711. The molecule has 1 aromatic carbocycles. The first-order valence-electron chi connectivity index (χ1n) is 5.28. The molecule has 0 spiro atoms. The Labute approximate surface area is 91.6 Å². The molecule has 0 fully saturated rings. The van der Waals surface area contributed by atoms with Gasteiger partial charge < -0.3 is 10.2 Å². The molecule has 1 aromatic rings. The zero-order valence-electron chi connectivity index (χ0n) is 9.75. The van der Waals surface area contributed by atoms with Crippen molar-refractivity contribution >= 4 is 0 Å². The van der Waals surface area contributed by atoms with Crippen molar-refractivity contribution in [2.24, 2.45) is 5.41 Å². The van der Waals surface area contributed by atoms with Gasteiger partial charge in [0.1, 0.15) is 0 Å². The second-order valence-corrected chi connectivity index (χ2v) is 4.80. The van der Waals surface area contributed by atoms with Crippen LogP contribution in [0.5, 0.6) is 0 Å². The summed E-state index contributed by atoms with van der Waals surface area (Å²) < 4.78 is 0. The third kappa shape index (κ3) is 3.33. The Morgan fingerprint density at radius 1 is 1.00 bits per heavy atom. The van der Waals surface area contributed by atoms with Gasteiger partial charge in [0.05, 0.1) is 13.2 Å². The van der Waals surface area contributed by atoms with Crippen LogP contribution in [0.3, 0.4) is 0 Å². The van der Waals surface area contributed by atoms with Gasteiger partial charge in [0.15, 0.2) is 0 Å². The lowest BCUT2D eigenvalue weighted by atomic mass is 9.84. The molecule has 0 saturated carbocycles. The lowest BCUT2D eigenvalue weighted by Crippen LogP contribution is -2.28. The molecule has 0 aliphatic rings. The van der Waals surface area contributed by atoms with Gasteiger partial charge in [0.2, 0.25) is 0 Å². The quantitative estimate of drug-likeness (QED) is 0.792. The standard InChI is InChI=1S/C13H20O2/c1-10-4-11(2)6-12(5-10)7-13(3,8-14)9-15/h4-6,14-15H,7-9H2,1-3H3. The van der Waals surface area contributed by atoms with Gasteiger partial charge in [-0.2, -0.15) is 0 Å². The Balaban J connectivity index is 2.88. The van der Waals surface area contributed by atoms with E-state index in [1.165, 1.54) is 16.7 Å². The topological polar surface area (TPSA) is 40.5 Å². The molecular weight excluding hydrogens is 188 g/mol. The van der Waals surface area contributed by atoms with Crippen LogP contribution in [0, 0.1) is 19.3 Å². The van der Waals surface area contributed by atoms with Crippen LogP contribution in [0.25, 0.3) is 0 Å². The number of aliphatic hydroxyl groups excluding tert-OH is 2. The van der Waals surface area contributed by atoms with Gasteiger partial charge >= 0.3 is 0 Å². The molecule has 0 unspecified atom stereocenters. The highest BCUT2D eigenvalue weighted by Gasteiger charge is 2.22. The molecule has 84 valence electrons. The summed E-state index contributed by atoms with van der Waals surface area (Å²) in [5.41, 5.74) is 3.21. The van der Waals surface area contributed by atoms with E-state index >= 15 is 0 Å². The van der Waals surface area contributed by atoms with Crippen LogP contribution in [-0.4, -0.2) is 23.4 Å². The molecule has 1 rings (SSSR count). The third-order valence-electron chi connectivity index (χ3n) is 2.68. The van der Waals surface area contributed by atoms with Crippen LogP contribution < -0.4 is 0 Å². The van der Waals surface area contributed by atoms with Gasteiger partial charge in [0.25, 0.3) is 0 Å². The molecule has 0 radical (unpaired) electrons. The van der Waals surface area contributed by atoms with Crippen molar-refractivity contribution in [2.45, 2.75) is 27.2 Å². The molecule has 2 heteroatoms. The molecule has 0 bridgehead atoms. The van der Waals surface area contributed by atoms with E-state index in [1.54, 1.807) is 0 Å². The van der Waals surface area contributed by atoms with E-state index < -0.39 is 5.41 Å². The predicted molar refractivity (Wildman–Crippen MR) is 61.9 cm³/mol. The molecule has 0 amide bonds.